The zero-order valence-electron chi connectivity index (χ0n) is 18.3. The van der Waals surface area contributed by atoms with Gasteiger partial charge in [-0.05, 0) is 54.1 Å². The molecule has 4 aromatic rings. The van der Waals surface area contributed by atoms with Crippen molar-refractivity contribution >= 4 is 63.1 Å². The molecule has 2 heterocycles. The van der Waals surface area contributed by atoms with Crippen molar-refractivity contribution < 1.29 is 9.59 Å². The molecule has 1 fully saturated rings. The van der Waals surface area contributed by atoms with Gasteiger partial charge in [0.1, 0.15) is 0 Å². The molecule has 0 atom stereocenters. The topological polar surface area (TPSA) is 42.3 Å². The first-order valence-electron chi connectivity index (χ1n) is 10.7. The van der Waals surface area contributed by atoms with Crippen LogP contribution in [0.15, 0.2) is 77.8 Å². The van der Waals surface area contributed by atoms with Crippen molar-refractivity contribution in [1.82, 2.24) is 9.47 Å². The molecule has 1 aliphatic heterocycles. The summed E-state index contributed by atoms with van der Waals surface area (Å²) in [5.41, 5.74) is 4.98. The molecule has 170 valence electrons. The molecule has 0 saturated carbocycles. The van der Waals surface area contributed by atoms with Crippen LogP contribution in [0.3, 0.4) is 0 Å². The average Bonchev–Trinajstić information content (AvgIpc) is 3.30. The van der Waals surface area contributed by atoms with Crippen molar-refractivity contribution in [2.24, 2.45) is 0 Å². The lowest BCUT2D eigenvalue weighted by atomic mass is 10.1. The molecule has 0 unspecified atom stereocenters. The van der Waals surface area contributed by atoms with Crippen LogP contribution in [0.1, 0.15) is 22.3 Å². The Kier molecular flexibility index (Phi) is 6.26. The highest BCUT2D eigenvalue weighted by atomic mass is 35.5. The number of fused-ring (bicyclic) bond motifs is 1. The van der Waals surface area contributed by atoms with E-state index in [-0.39, 0.29) is 17.7 Å². The Morgan fingerprint density at radius 3 is 2.38 bits per heavy atom. The van der Waals surface area contributed by atoms with Gasteiger partial charge in [0.05, 0.1) is 21.5 Å². The highest BCUT2D eigenvalue weighted by Crippen LogP contribution is 2.35. The van der Waals surface area contributed by atoms with Gasteiger partial charge < -0.3 is 4.57 Å². The largest absolute Gasteiger partial charge is 0.342 e. The smallest absolute Gasteiger partial charge is 0.293 e. The number of nitrogens with zero attached hydrogens (tertiary/aromatic N) is 2. The maximum absolute atomic E-state index is 13.1. The summed E-state index contributed by atoms with van der Waals surface area (Å²) >= 11 is 13.2. The van der Waals surface area contributed by atoms with E-state index in [1.807, 2.05) is 79.9 Å². The van der Waals surface area contributed by atoms with Crippen molar-refractivity contribution in [3.05, 3.63) is 110 Å². The van der Waals surface area contributed by atoms with Crippen LogP contribution in [0.5, 0.6) is 0 Å². The van der Waals surface area contributed by atoms with Crippen LogP contribution >= 0.6 is 35.0 Å². The lowest BCUT2D eigenvalue weighted by molar-refractivity contribution is -0.123. The van der Waals surface area contributed by atoms with Crippen molar-refractivity contribution in [1.29, 1.82) is 0 Å². The summed E-state index contributed by atoms with van der Waals surface area (Å²) in [5.74, 6) is -0.267. The number of hydrogen-bond donors (Lipinski definition) is 0. The summed E-state index contributed by atoms with van der Waals surface area (Å²) in [6.45, 7) is 2.87. The number of rotatable bonds is 5. The summed E-state index contributed by atoms with van der Waals surface area (Å²) in [4.78, 5) is 27.4. The Labute approximate surface area is 211 Å². The number of thioether (sulfide) groups is 1. The van der Waals surface area contributed by atoms with E-state index in [0.29, 0.717) is 21.5 Å². The van der Waals surface area contributed by atoms with Gasteiger partial charge in [0, 0.05) is 29.2 Å². The van der Waals surface area contributed by atoms with Gasteiger partial charge in [-0.15, -0.1) is 0 Å². The number of benzene rings is 3. The van der Waals surface area contributed by atoms with Crippen molar-refractivity contribution in [3.63, 3.8) is 0 Å². The zero-order valence-corrected chi connectivity index (χ0v) is 20.6. The second-order valence-electron chi connectivity index (χ2n) is 8.23. The number of carbonyl (C=O) groups excluding carboxylic acids is 2. The molecule has 4 nitrogen and oxygen atoms in total. The fraction of sp³-hybridized carbons (Fsp3) is 0.111. The molecule has 2 amide bonds. The Hall–Kier alpha value is -2.99. The monoisotopic (exact) mass is 506 g/mol. The third kappa shape index (κ3) is 4.51. The zero-order chi connectivity index (χ0) is 23.8. The molecule has 3 aromatic carbocycles. The quantitative estimate of drug-likeness (QED) is 0.262. The Morgan fingerprint density at radius 1 is 0.882 bits per heavy atom. The van der Waals surface area contributed by atoms with Crippen LogP contribution in [-0.2, 0) is 17.9 Å². The Bertz CT molecular complexity index is 1460. The van der Waals surface area contributed by atoms with Gasteiger partial charge in [-0.3, -0.25) is 14.5 Å². The predicted octanol–water partition coefficient (Wildman–Crippen LogP) is 7.54. The number of aryl methyl sites for hydroxylation is 1. The summed E-state index contributed by atoms with van der Waals surface area (Å²) in [6, 6.07) is 21.4. The SMILES string of the molecule is Cc1ccc(CN2C(=O)S/C(=C\c3cn(Cc4ccc(Cl)c(Cl)c4)c4ccccc34)C2=O)cc1. The summed E-state index contributed by atoms with van der Waals surface area (Å²) in [7, 11) is 0. The highest BCUT2D eigenvalue weighted by Gasteiger charge is 2.35. The number of carbonyl (C=O) groups is 2. The number of halogens is 2. The molecule has 34 heavy (non-hydrogen) atoms. The third-order valence-electron chi connectivity index (χ3n) is 5.78. The number of amides is 2. The van der Waals surface area contributed by atoms with Crippen LogP contribution < -0.4 is 0 Å². The van der Waals surface area contributed by atoms with E-state index in [1.54, 1.807) is 6.07 Å². The Morgan fingerprint density at radius 2 is 1.62 bits per heavy atom. The molecule has 0 bridgehead atoms. The van der Waals surface area contributed by atoms with Gasteiger partial charge in [0.25, 0.3) is 11.1 Å². The van der Waals surface area contributed by atoms with E-state index in [1.165, 1.54) is 4.90 Å². The van der Waals surface area contributed by atoms with E-state index in [2.05, 4.69) is 4.57 Å². The van der Waals surface area contributed by atoms with Gasteiger partial charge in [-0.1, -0.05) is 77.3 Å². The van der Waals surface area contributed by atoms with E-state index in [4.69, 9.17) is 23.2 Å². The number of para-hydroxylation sites is 1. The predicted molar refractivity (Wildman–Crippen MR) is 140 cm³/mol. The number of hydrogen-bond acceptors (Lipinski definition) is 3. The second-order valence-corrected chi connectivity index (χ2v) is 10.0. The minimum absolute atomic E-state index is 0.253. The van der Waals surface area contributed by atoms with E-state index in [0.717, 1.165) is 44.9 Å². The summed E-state index contributed by atoms with van der Waals surface area (Å²) in [6.07, 6.45) is 3.81. The Balaban J connectivity index is 1.45. The minimum Gasteiger partial charge on any atom is -0.342 e. The molecule has 0 aliphatic carbocycles. The number of imide groups is 1. The van der Waals surface area contributed by atoms with Gasteiger partial charge in [0.2, 0.25) is 0 Å². The molecule has 7 heteroatoms. The van der Waals surface area contributed by atoms with Crippen molar-refractivity contribution in [3.8, 4) is 0 Å². The lowest BCUT2D eigenvalue weighted by Crippen LogP contribution is -2.27. The lowest BCUT2D eigenvalue weighted by Gasteiger charge is -2.12. The first-order valence-corrected chi connectivity index (χ1v) is 12.3. The maximum atomic E-state index is 13.1. The fourth-order valence-electron chi connectivity index (χ4n) is 4.01. The van der Waals surface area contributed by atoms with E-state index >= 15 is 0 Å². The average molecular weight is 507 g/mol. The van der Waals surface area contributed by atoms with Gasteiger partial charge in [-0.2, -0.15) is 0 Å². The van der Waals surface area contributed by atoms with Gasteiger partial charge >= 0.3 is 0 Å². The van der Waals surface area contributed by atoms with Crippen molar-refractivity contribution in [2.75, 3.05) is 0 Å². The first kappa shape index (κ1) is 22.8. The molecule has 0 radical (unpaired) electrons. The second kappa shape index (κ2) is 9.34. The van der Waals surface area contributed by atoms with Gasteiger partial charge in [-0.25, -0.2) is 0 Å². The molecule has 0 N–H and O–H groups in total. The van der Waals surface area contributed by atoms with Crippen LogP contribution in [0.4, 0.5) is 4.79 Å². The highest BCUT2D eigenvalue weighted by molar-refractivity contribution is 8.18. The summed E-state index contributed by atoms with van der Waals surface area (Å²) in [5, 5.41) is 1.78. The molecule has 0 spiro atoms. The van der Waals surface area contributed by atoms with E-state index < -0.39 is 0 Å². The molecule has 1 aliphatic rings. The molecular weight excluding hydrogens is 487 g/mol. The molecule has 5 rings (SSSR count). The standard InChI is InChI=1S/C27H20Cl2N2O2S/c1-17-6-8-18(9-7-17)15-31-26(32)25(34-27(31)33)13-20-16-30(24-5-3-2-4-21(20)24)14-19-10-11-22(28)23(29)12-19/h2-13,16H,14-15H2,1H3/b25-13-. The van der Waals surface area contributed by atoms with Crippen LogP contribution in [0.2, 0.25) is 10.0 Å². The van der Waals surface area contributed by atoms with Crippen LogP contribution in [0.25, 0.3) is 17.0 Å². The maximum Gasteiger partial charge on any atom is 0.293 e. The number of aromatic nitrogens is 1. The van der Waals surface area contributed by atoms with Gasteiger partial charge in [0.15, 0.2) is 0 Å². The molecule has 1 saturated heterocycles. The third-order valence-corrected chi connectivity index (χ3v) is 7.42. The van der Waals surface area contributed by atoms with Crippen molar-refractivity contribution in [2.45, 2.75) is 20.0 Å². The van der Waals surface area contributed by atoms with Crippen LogP contribution in [-0.4, -0.2) is 20.6 Å². The summed E-state index contributed by atoms with van der Waals surface area (Å²) < 4.78 is 2.11. The minimum atomic E-state index is -0.267. The molecule has 1 aromatic heterocycles. The van der Waals surface area contributed by atoms with E-state index in [9.17, 15) is 9.59 Å². The van der Waals surface area contributed by atoms with Crippen LogP contribution in [0, 0.1) is 6.92 Å². The molecular formula is C27H20Cl2N2O2S. The first-order chi connectivity index (χ1) is 16.4. The fourth-order valence-corrected chi connectivity index (χ4v) is 5.16. The normalized spacial score (nSPS) is 15.1.